The fourth-order valence-electron chi connectivity index (χ4n) is 2.12. The predicted octanol–water partition coefficient (Wildman–Crippen LogP) is 2.06. The van der Waals surface area contributed by atoms with Crippen LogP contribution >= 0.6 is 0 Å². The maximum Gasteiger partial charge on any atom is 0.0621 e. The first kappa shape index (κ1) is 9.71. The van der Waals surface area contributed by atoms with Crippen LogP contribution < -0.4 is 0 Å². The average Bonchev–Trinajstić information content (AvgIpc) is 2.52. The minimum Gasteiger partial charge on any atom is -0.390 e. The highest BCUT2D eigenvalue weighted by Crippen LogP contribution is 2.34. The van der Waals surface area contributed by atoms with Crippen LogP contribution in [0.5, 0.6) is 0 Å². The molecule has 1 heterocycles. The number of hydrogen-bond donors (Lipinski definition) is 1. The van der Waals surface area contributed by atoms with Gasteiger partial charge in [0.2, 0.25) is 0 Å². The van der Waals surface area contributed by atoms with Crippen LogP contribution in [0.2, 0.25) is 0 Å². The summed E-state index contributed by atoms with van der Waals surface area (Å²) in [6.07, 6.45) is 7.83. The molecule has 0 radical (unpaired) electrons. The second-order valence-electron chi connectivity index (χ2n) is 4.73. The third-order valence-corrected chi connectivity index (χ3v) is 3.14. The van der Waals surface area contributed by atoms with E-state index in [4.69, 9.17) is 0 Å². The van der Waals surface area contributed by atoms with Crippen molar-refractivity contribution in [3.63, 3.8) is 0 Å². The Morgan fingerprint density at radius 2 is 2.14 bits per heavy atom. The first-order chi connectivity index (χ1) is 6.57. The highest BCUT2D eigenvalue weighted by molar-refractivity contribution is 5.01. The zero-order valence-electron chi connectivity index (χ0n) is 8.90. The fraction of sp³-hybridized carbons (Fsp3) is 0.727. The predicted molar refractivity (Wildman–Crippen MR) is 55.1 cm³/mol. The van der Waals surface area contributed by atoms with Gasteiger partial charge in [0.25, 0.3) is 0 Å². The smallest absolute Gasteiger partial charge is 0.0621 e. The Labute approximate surface area is 84.7 Å². The van der Waals surface area contributed by atoms with Gasteiger partial charge in [0.15, 0.2) is 0 Å². The van der Waals surface area contributed by atoms with Gasteiger partial charge in [0.05, 0.1) is 17.8 Å². The lowest BCUT2D eigenvalue weighted by molar-refractivity contribution is 0.00851. The molecule has 1 N–H and O–H groups in total. The van der Waals surface area contributed by atoms with Crippen LogP contribution in [-0.2, 0) is 0 Å². The Balaban J connectivity index is 2.02. The molecule has 0 bridgehead atoms. The molecule has 2 rings (SSSR count). The van der Waals surface area contributed by atoms with Gasteiger partial charge in [-0.05, 0) is 45.1 Å². The summed E-state index contributed by atoms with van der Waals surface area (Å²) in [7, 11) is 0. The zero-order chi connectivity index (χ0) is 10.2. The molecule has 1 aliphatic carbocycles. The van der Waals surface area contributed by atoms with Gasteiger partial charge in [-0.25, -0.2) is 0 Å². The molecule has 1 fully saturated rings. The van der Waals surface area contributed by atoms with Gasteiger partial charge in [-0.2, -0.15) is 5.10 Å². The number of aryl methyl sites for hydroxylation is 1. The van der Waals surface area contributed by atoms with E-state index in [0.717, 1.165) is 25.7 Å². The van der Waals surface area contributed by atoms with Gasteiger partial charge in [0, 0.05) is 6.20 Å². The monoisotopic (exact) mass is 194 g/mol. The molecule has 0 amide bonds. The van der Waals surface area contributed by atoms with Crippen molar-refractivity contribution in [3.8, 4) is 0 Å². The normalized spacial score (nSPS) is 33.2. The molecule has 0 aliphatic heterocycles. The van der Waals surface area contributed by atoms with Crippen LogP contribution in [0.4, 0.5) is 0 Å². The lowest BCUT2D eigenvalue weighted by atomic mass is 9.84. The van der Waals surface area contributed by atoms with E-state index in [1.165, 1.54) is 5.56 Å². The van der Waals surface area contributed by atoms with E-state index < -0.39 is 5.60 Å². The summed E-state index contributed by atoms with van der Waals surface area (Å²) in [6, 6.07) is 0.490. The van der Waals surface area contributed by atoms with Crippen LogP contribution in [0.3, 0.4) is 0 Å². The van der Waals surface area contributed by atoms with Gasteiger partial charge < -0.3 is 5.11 Å². The first-order valence-corrected chi connectivity index (χ1v) is 5.30. The summed E-state index contributed by atoms with van der Waals surface area (Å²) in [5, 5.41) is 14.1. The van der Waals surface area contributed by atoms with Crippen molar-refractivity contribution in [2.75, 3.05) is 0 Å². The summed E-state index contributed by atoms with van der Waals surface area (Å²) in [6.45, 7) is 3.99. The Bertz CT molecular complexity index is 307. The number of aliphatic hydroxyl groups is 1. The lowest BCUT2D eigenvalue weighted by Gasteiger charge is -2.33. The van der Waals surface area contributed by atoms with Crippen molar-refractivity contribution in [2.45, 2.75) is 51.2 Å². The van der Waals surface area contributed by atoms with Crippen molar-refractivity contribution in [2.24, 2.45) is 0 Å². The van der Waals surface area contributed by atoms with Crippen LogP contribution in [0.15, 0.2) is 12.4 Å². The minimum absolute atomic E-state index is 0.446. The highest BCUT2D eigenvalue weighted by Gasteiger charge is 2.29. The van der Waals surface area contributed by atoms with E-state index >= 15 is 0 Å². The van der Waals surface area contributed by atoms with Crippen LogP contribution in [0.25, 0.3) is 0 Å². The van der Waals surface area contributed by atoms with Crippen LogP contribution in [-0.4, -0.2) is 20.5 Å². The molecule has 1 aromatic heterocycles. The van der Waals surface area contributed by atoms with Crippen molar-refractivity contribution in [1.82, 2.24) is 9.78 Å². The standard InChI is InChI=1S/C11H18N2O/c1-9-7-12-13(8-9)10-3-5-11(2,14)6-4-10/h7-8,10,14H,3-6H2,1-2H3. The van der Waals surface area contributed by atoms with Crippen molar-refractivity contribution >= 4 is 0 Å². The van der Waals surface area contributed by atoms with E-state index in [9.17, 15) is 5.11 Å². The molecule has 1 aromatic rings. The molecule has 1 saturated carbocycles. The van der Waals surface area contributed by atoms with Gasteiger partial charge in [0.1, 0.15) is 0 Å². The average molecular weight is 194 g/mol. The lowest BCUT2D eigenvalue weighted by Crippen LogP contribution is -2.31. The second kappa shape index (κ2) is 3.39. The largest absolute Gasteiger partial charge is 0.390 e. The van der Waals surface area contributed by atoms with Crippen molar-refractivity contribution < 1.29 is 5.11 Å². The van der Waals surface area contributed by atoms with E-state index in [1.54, 1.807) is 0 Å². The fourth-order valence-corrected chi connectivity index (χ4v) is 2.12. The topological polar surface area (TPSA) is 38.0 Å². The van der Waals surface area contributed by atoms with E-state index in [1.807, 2.05) is 17.8 Å². The molecule has 78 valence electrons. The van der Waals surface area contributed by atoms with Crippen LogP contribution in [0.1, 0.15) is 44.2 Å². The molecule has 0 unspecified atom stereocenters. The van der Waals surface area contributed by atoms with E-state index in [-0.39, 0.29) is 0 Å². The van der Waals surface area contributed by atoms with Crippen LogP contribution in [0, 0.1) is 6.92 Å². The summed E-state index contributed by atoms with van der Waals surface area (Å²) in [5.41, 5.74) is 0.765. The van der Waals surface area contributed by atoms with Gasteiger partial charge in [-0.3, -0.25) is 4.68 Å². The maximum absolute atomic E-state index is 9.81. The van der Waals surface area contributed by atoms with Gasteiger partial charge in [-0.1, -0.05) is 0 Å². The Morgan fingerprint density at radius 1 is 1.50 bits per heavy atom. The highest BCUT2D eigenvalue weighted by atomic mass is 16.3. The number of aromatic nitrogens is 2. The van der Waals surface area contributed by atoms with E-state index in [0.29, 0.717) is 6.04 Å². The van der Waals surface area contributed by atoms with Crippen molar-refractivity contribution in [3.05, 3.63) is 18.0 Å². The first-order valence-electron chi connectivity index (χ1n) is 5.30. The molecule has 14 heavy (non-hydrogen) atoms. The summed E-state index contributed by atoms with van der Waals surface area (Å²) in [4.78, 5) is 0. The molecule has 0 atom stereocenters. The number of rotatable bonds is 1. The third kappa shape index (κ3) is 1.98. The zero-order valence-corrected chi connectivity index (χ0v) is 8.90. The molecule has 3 heteroatoms. The van der Waals surface area contributed by atoms with Gasteiger partial charge >= 0.3 is 0 Å². The molecule has 1 aliphatic rings. The number of nitrogens with zero attached hydrogens (tertiary/aromatic N) is 2. The third-order valence-electron chi connectivity index (χ3n) is 3.14. The summed E-state index contributed by atoms with van der Waals surface area (Å²) >= 11 is 0. The van der Waals surface area contributed by atoms with E-state index in [2.05, 4.69) is 18.2 Å². The Hall–Kier alpha value is -0.830. The molecule has 0 saturated heterocycles. The second-order valence-corrected chi connectivity index (χ2v) is 4.73. The summed E-state index contributed by atoms with van der Waals surface area (Å²) in [5.74, 6) is 0. The number of hydrogen-bond acceptors (Lipinski definition) is 2. The molecule has 0 spiro atoms. The summed E-state index contributed by atoms with van der Waals surface area (Å²) < 4.78 is 2.05. The Kier molecular flexibility index (Phi) is 2.35. The molecule has 3 nitrogen and oxygen atoms in total. The quantitative estimate of drug-likeness (QED) is 0.743. The van der Waals surface area contributed by atoms with Crippen molar-refractivity contribution in [1.29, 1.82) is 0 Å². The Morgan fingerprint density at radius 3 is 2.64 bits per heavy atom. The molecule has 0 aromatic carbocycles. The SMILES string of the molecule is Cc1cnn(C2CCC(C)(O)CC2)c1. The minimum atomic E-state index is -0.446. The molecular weight excluding hydrogens is 176 g/mol. The van der Waals surface area contributed by atoms with Gasteiger partial charge in [-0.15, -0.1) is 0 Å². The molecular formula is C11H18N2O. The maximum atomic E-state index is 9.81.